The fourth-order valence-electron chi connectivity index (χ4n) is 2.47. The molecular formula is C14H14N2O8S2. The first-order valence-corrected chi connectivity index (χ1v) is 9.80. The van der Waals surface area contributed by atoms with Crippen LogP contribution in [0.2, 0.25) is 0 Å². The van der Waals surface area contributed by atoms with Crippen LogP contribution in [0.15, 0.2) is 54.3 Å². The summed E-state index contributed by atoms with van der Waals surface area (Å²) in [5.41, 5.74) is 5.40. The first-order chi connectivity index (χ1) is 11.9. The molecule has 0 saturated carbocycles. The van der Waals surface area contributed by atoms with Gasteiger partial charge in [-0.1, -0.05) is 18.2 Å². The molecule has 1 aliphatic rings. The van der Waals surface area contributed by atoms with Gasteiger partial charge in [-0.25, -0.2) is 0 Å². The Balaban J connectivity index is 2.52. The fourth-order valence-corrected chi connectivity index (χ4v) is 5.11. The second-order valence-electron chi connectivity index (χ2n) is 5.41. The third-order valence-electron chi connectivity index (χ3n) is 3.73. The normalized spacial score (nSPS) is 20.1. The zero-order chi connectivity index (χ0) is 19.8. The first-order valence-electron chi connectivity index (χ1n) is 6.92. The zero-order valence-electron chi connectivity index (χ0n) is 13.0. The van der Waals surface area contributed by atoms with Crippen molar-refractivity contribution < 1.29 is 30.9 Å². The van der Waals surface area contributed by atoms with Gasteiger partial charge < -0.3 is 5.73 Å². The highest BCUT2D eigenvalue weighted by atomic mass is 32.3. The van der Waals surface area contributed by atoms with E-state index >= 15 is 0 Å². The van der Waals surface area contributed by atoms with E-state index in [2.05, 4.69) is 0 Å². The van der Waals surface area contributed by atoms with Gasteiger partial charge in [-0.2, -0.15) is 16.8 Å². The zero-order valence-corrected chi connectivity index (χ0v) is 14.6. The monoisotopic (exact) mass is 402 g/mol. The number of rotatable bonds is 5. The van der Waals surface area contributed by atoms with Crippen molar-refractivity contribution in [3.8, 4) is 0 Å². The van der Waals surface area contributed by atoms with Crippen molar-refractivity contribution in [1.29, 1.82) is 0 Å². The standard InChI is InChI=1S/C14H14N2O8S2/c15-12-6-5-11(14(9-12,25(19,20)21)26(22,23)24)4-1-10-2-7-13(8-3-10)16(17)18/h1-9,11H,15H2,(H,19,20,21)(H,22,23,24)/b4-1+. The molecule has 0 spiro atoms. The molecule has 1 aromatic rings. The first kappa shape index (κ1) is 19.8. The summed E-state index contributed by atoms with van der Waals surface area (Å²) in [6.45, 7) is 0. The average Bonchev–Trinajstić information content (AvgIpc) is 2.51. The van der Waals surface area contributed by atoms with Crippen LogP contribution in [0.5, 0.6) is 0 Å². The van der Waals surface area contributed by atoms with Gasteiger partial charge in [0.2, 0.25) is 0 Å². The van der Waals surface area contributed by atoms with Crippen LogP contribution in [0.25, 0.3) is 6.08 Å². The fraction of sp³-hybridized carbons (Fsp3) is 0.143. The number of nitro groups is 1. The number of hydrogen-bond acceptors (Lipinski definition) is 7. The Hall–Kier alpha value is -2.54. The smallest absolute Gasteiger partial charge is 0.292 e. The van der Waals surface area contributed by atoms with Gasteiger partial charge in [0.1, 0.15) is 0 Å². The Morgan fingerprint density at radius 3 is 2.12 bits per heavy atom. The minimum absolute atomic E-state index is 0.166. The van der Waals surface area contributed by atoms with Crippen LogP contribution in [0.4, 0.5) is 5.69 Å². The molecule has 0 fully saturated rings. The molecule has 2 rings (SSSR count). The Bertz CT molecular complexity index is 989. The van der Waals surface area contributed by atoms with Gasteiger partial charge >= 0.3 is 0 Å². The molecule has 1 aromatic carbocycles. The van der Waals surface area contributed by atoms with Crippen LogP contribution in [-0.2, 0) is 20.2 Å². The van der Waals surface area contributed by atoms with Crippen LogP contribution < -0.4 is 5.73 Å². The molecule has 4 N–H and O–H groups in total. The number of benzene rings is 1. The maximum Gasteiger partial charge on any atom is 0.292 e. The van der Waals surface area contributed by atoms with Gasteiger partial charge in [-0.05, 0) is 29.8 Å². The SMILES string of the molecule is NC1=CC(S(=O)(=O)O)(S(=O)(=O)O)C(/C=C/c2ccc([N+](=O)[O-])cc2)C=C1. The lowest BCUT2D eigenvalue weighted by Gasteiger charge is -2.31. The Kier molecular flexibility index (Phi) is 5.05. The van der Waals surface area contributed by atoms with E-state index in [1.54, 1.807) is 0 Å². The van der Waals surface area contributed by atoms with Crippen molar-refractivity contribution in [2.45, 2.75) is 4.08 Å². The highest BCUT2D eigenvalue weighted by molar-refractivity contribution is 8.05. The molecule has 0 heterocycles. The van der Waals surface area contributed by atoms with Gasteiger partial charge in [-0.15, -0.1) is 0 Å². The van der Waals surface area contributed by atoms with Crippen molar-refractivity contribution in [1.82, 2.24) is 0 Å². The van der Waals surface area contributed by atoms with Gasteiger partial charge in [-0.3, -0.25) is 19.2 Å². The van der Waals surface area contributed by atoms with E-state index in [-0.39, 0.29) is 11.4 Å². The minimum Gasteiger partial charge on any atom is -0.399 e. The number of nitro benzene ring substituents is 1. The third-order valence-corrected chi connectivity index (χ3v) is 7.39. The van der Waals surface area contributed by atoms with Crippen LogP contribution in [0, 0.1) is 16.0 Å². The molecule has 26 heavy (non-hydrogen) atoms. The molecule has 1 aliphatic carbocycles. The topological polar surface area (TPSA) is 178 Å². The Morgan fingerprint density at radius 1 is 1.12 bits per heavy atom. The summed E-state index contributed by atoms with van der Waals surface area (Å²) < 4.78 is 63.2. The van der Waals surface area contributed by atoms with E-state index in [1.807, 2.05) is 0 Å². The molecule has 0 saturated heterocycles. The second kappa shape index (κ2) is 6.64. The highest BCUT2D eigenvalue weighted by Gasteiger charge is 2.58. The van der Waals surface area contributed by atoms with E-state index in [4.69, 9.17) is 5.73 Å². The molecule has 140 valence electrons. The summed E-state index contributed by atoms with van der Waals surface area (Å²) in [5.74, 6) is -1.50. The number of nitrogens with zero attached hydrogens (tertiary/aromatic N) is 1. The quantitative estimate of drug-likeness (QED) is 0.369. The highest BCUT2D eigenvalue weighted by Crippen LogP contribution is 2.39. The van der Waals surface area contributed by atoms with Gasteiger partial charge in [0.05, 0.1) is 4.92 Å². The summed E-state index contributed by atoms with van der Waals surface area (Å²) in [4.78, 5) is 10.0. The third kappa shape index (κ3) is 3.53. The van der Waals surface area contributed by atoms with Crippen LogP contribution >= 0.6 is 0 Å². The van der Waals surface area contributed by atoms with Crippen molar-refractivity contribution in [3.63, 3.8) is 0 Å². The number of nitrogens with two attached hydrogens (primary N) is 1. The summed E-state index contributed by atoms with van der Waals surface area (Å²) in [6.07, 6.45) is 5.27. The van der Waals surface area contributed by atoms with E-state index in [0.717, 1.165) is 12.2 Å². The lowest BCUT2D eigenvalue weighted by Crippen LogP contribution is -2.50. The second-order valence-corrected chi connectivity index (χ2v) is 8.92. The molecule has 0 bridgehead atoms. The van der Waals surface area contributed by atoms with Crippen molar-refractivity contribution in [3.05, 3.63) is 69.9 Å². The summed E-state index contributed by atoms with van der Waals surface area (Å²) in [5, 5.41) is 10.6. The number of allylic oxidation sites excluding steroid dienone is 3. The molecular weight excluding hydrogens is 388 g/mol. The molecule has 10 nitrogen and oxygen atoms in total. The largest absolute Gasteiger partial charge is 0.399 e. The predicted molar refractivity (Wildman–Crippen MR) is 92.9 cm³/mol. The average molecular weight is 402 g/mol. The van der Waals surface area contributed by atoms with E-state index in [9.17, 15) is 36.1 Å². The number of hydrogen-bond donors (Lipinski definition) is 3. The van der Waals surface area contributed by atoms with Crippen LogP contribution in [0.3, 0.4) is 0 Å². The Labute approximate surface area is 149 Å². The van der Waals surface area contributed by atoms with Gasteiger partial charge in [0.15, 0.2) is 0 Å². The maximum absolute atomic E-state index is 11.8. The minimum atomic E-state index is -5.34. The van der Waals surface area contributed by atoms with Crippen LogP contribution in [0.1, 0.15) is 5.56 Å². The summed E-state index contributed by atoms with van der Waals surface area (Å²) >= 11 is 0. The molecule has 1 unspecified atom stereocenters. The molecule has 0 radical (unpaired) electrons. The van der Waals surface area contributed by atoms with Crippen molar-refractivity contribution >= 4 is 32.0 Å². The summed E-state index contributed by atoms with van der Waals surface area (Å²) in [7, 11) is -10.7. The molecule has 0 amide bonds. The van der Waals surface area contributed by atoms with Gasteiger partial charge in [0, 0.05) is 23.7 Å². The molecule has 12 heteroatoms. The number of non-ortho nitro benzene ring substituents is 1. The lowest BCUT2D eigenvalue weighted by atomic mass is 9.96. The molecule has 0 aliphatic heterocycles. The Morgan fingerprint density at radius 2 is 1.65 bits per heavy atom. The van der Waals surface area contributed by atoms with Gasteiger partial charge in [0.25, 0.3) is 30.0 Å². The van der Waals surface area contributed by atoms with Crippen molar-refractivity contribution in [2.24, 2.45) is 11.7 Å². The van der Waals surface area contributed by atoms with E-state index in [0.29, 0.717) is 11.6 Å². The molecule has 0 aromatic heterocycles. The van der Waals surface area contributed by atoms with Crippen molar-refractivity contribution in [2.75, 3.05) is 0 Å². The molecule has 1 atom stereocenters. The van der Waals surface area contributed by atoms with Crippen LogP contribution in [-0.4, -0.2) is 34.9 Å². The van der Waals surface area contributed by atoms with E-state index < -0.39 is 35.2 Å². The summed E-state index contributed by atoms with van der Waals surface area (Å²) in [6, 6.07) is 5.11. The predicted octanol–water partition coefficient (Wildman–Crippen LogP) is 1.11. The van der Waals surface area contributed by atoms with E-state index in [1.165, 1.54) is 36.4 Å². The lowest BCUT2D eigenvalue weighted by molar-refractivity contribution is -0.384. The maximum atomic E-state index is 11.8.